The molecule has 10 nitrogen and oxygen atoms in total. The quantitative estimate of drug-likeness (QED) is 0.362. The van der Waals surface area contributed by atoms with Crippen LogP contribution in [0.5, 0.6) is 0 Å². The number of allylic oxidation sites excluding steroid dienone is 3. The molecule has 0 amide bonds. The summed E-state index contributed by atoms with van der Waals surface area (Å²) in [5.41, 5.74) is 4.05. The third-order valence-corrected chi connectivity index (χ3v) is 8.59. The molecule has 1 atom stereocenters. The van der Waals surface area contributed by atoms with E-state index < -0.39 is 0 Å². The summed E-state index contributed by atoms with van der Waals surface area (Å²) in [6.45, 7) is 11.5. The van der Waals surface area contributed by atoms with E-state index in [0.717, 1.165) is 79.2 Å². The number of anilines is 2. The van der Waals surface area contributed by atoms with Crippen molar-refractivity contribution in [1.29, 1.82) is 0 Å². The van der Waals surface area contributed by atoms with Gasteiger partial charge in [0.25, 0.3) is 0 Å². The van der Waals surface area contributed by atoms with Gasteiger partial charge in [0.2, 0.25) is 0 Å². The Balaban J connectivity index is 1.39. The van der Waals surface area contributed by atoms with Crippen LogP contribution >= 0.6 is 11.3 Å². The number of nitrogens with one attached hydrogen (secondary N) is 2. The fourth-order valence-electron chi connectivity index (χ4n) is 5.49. The van der Waals surface area contributed by atoms with Gasteiger partial charge in [0.15, 0.2) is 5.82 Å². The molecule has 0 saturated carbocycles. The predicted molar refractivity (Wildman–Crippen MR) is 161 cm³/mol. The molecular formula is C29H36N10S. The number of fused-ring (bicyclic) bond motifs is 3. The molecule has 1 fully saturated rings. The molecule has 208 valence electrons. The largest absolute Gasteiger partial charge is 0.380 e. The van der Waals surface area contributed by atoms with E-state index in [2.05, 4.69) is 63.8 Å². The molecule has 6 heterocycles. The minimum Gasteiger partial charge on any atom is -0.380 e. The molecule has 2 N–H and O–H groups in total. The molecule has 0 aliphatic carbocycles. The van der Waals surface area contributed by atoms with Crippen LogP contribution in [0.15, 0.2) is 49.1 Å². The minimum absolute atomic E-state index is 0.194. The smallest absolute Gasteiger partial charge is 0.163 e. The van der Waals surface area contributed by atoms with Crippen LogP contribution in [0.3, 0.4) is 0 Å². The Morgan fingerprint density at radius 1 is 1.15 bits per heavy atom. The Hall–Kier alpha value is -3.67. The fraction of sp³-hybridized carbons (Fsp3) is 0.414. The number of piperazine rings is 1. The third-order valence-electron chi connectivity index (χ3n) is 7.60. The normalized spacial score (nSPS) is 20.3. The Morgan fingerprint density at radius 2 is 2.00 bits per heavy atom. The Kier molecular flexibility index (Phi) is 7.59. The van der Waals surface area contributed by atoms with Crippen molar-refractivity contribution < 1.29 is 0 Å². The summed E-state index contributed by atoms with van der Waals surface area (Å²) < 4.78 is 2.15. The molecule has 11 heteroatoms. The van der Waals surface area contributed by atoms with Gasteiger partial charge in [-0.3, -0.25) is 9.58 Å². The van der Waals surface area contributed by atoms with Gasteiger partial charge in [0.1, 0.15) is 22.3 Å². The average molecular weight is 557 g/mol. The summed E-state index contributed by atoms with van der Waals surface area (Å²) in [7, 11) is 4.13. The SMILES string of the molecule is C=C/C1=C(\N(C)C)CCCC(C)n2nc(-c3ncc(CN4CCNCC4)s3)c3cnc(cc32)Nc2ccnc1n2. The molecule has 4 aromatic rings. The lowest BCUT2D eigenvalue weighted by Gasteiger charge is -2.26. The van der Waals surface area contributed by atoms with Gasteiger partial charge in [-0.2, -0.15) is 5.10 Å². The summed E-state index contributed by atoms with van der Waals surface area (Å²) in [6, 6.07) is 4.12. The summed E-state index contributed by atoms with van der Waals surface area (Å²) in [6.07, 6.45) is 10.4. The summed E-state index contributed by atoms with van der Waals surface area (Å²) >= 11 is 1.73. The third kappa shape index (κ3) is 5.36. The summed E-state index contributed by atoms with van der Waals surface area (Å²) in [5, 5.41) is 13.9. The molecule has 1 saturated heterocycles. The van der Waals surface area contributed by atoms with Gasteiger partial charge < -0.3 is 15.5 Å². The van der Waals surface area contributed by atoms with Crippen molar-refractivity contribution in [3.05, 3.63) is 59.8 Å². The molecule has 0 spiro atoms. The minimum atomic E-state index is 0.194. The number of rotatable bonds is 5. The lowest BCUT2D eigenvalue weighted by molar-refractivity contribution is 0.235. The van der Waals surface area contributed by atoms with E-state index in [0.29, 0.717) is 17.5 Å². The molecule has 2 aliphatic rings. The molecule has 4 bridgehead atoms. The predicted octanol–water partition coefficient (Wildman–Crippen LogP) is 4.70. The van der Waals surface area contributed by atoms with Gasteiger partial charge in [-0.05, 0) is 32.3 Å². The Bertz CT molecular complexity index is 1550. The van der Waals surface area contributed by atoms with E-state index in [-0.39, 0.29) is 6.04 Å². The van der Waals surface area contributed by atoms with Crippen LogP contribution in [0.4, 0.5) is 11.6 Å². The highest BCUT2D eigenvalue weighted by Crippen LogP contribution is 2.35. The highest BCUT2D eigenvalue weighted by atomic mass is 32.1. The highest BCUT2D eigenvalue weighted by molar-refractivity contribution is 7.15. The second-order valence-corrected chi connectivity index (χ2v) is 11.7. The molecule has 0 aromatic carbocycles. The first-order valence-corrected chi connectivity index (χ1v) is 14.7. The highest BCUT2D eigenvalue weighted by Gasteiger charge is 2.22. The molecule has 1 unspecified atom stereocenters. The van der Waals surface area contributed by atoms with Gasteiger partial charge in [0, 0.05) is 99.1 Å². The zero-order chi connectivity index (χ0) is 27.6. The zero-order valence-corrected chi connectivity index (χ0v) is 24.2. The van der Waals surface area contributed by atoms with Gasteiger partial charge in [-0.25, -0.2) is 19.9 Å². The number of thiazole rings is 1. The first kappa shape index (κ1) is 26.5. The van der Waals surface area contributed by atoms with Crippen molar-refractivity contribution in [2.75, 3.05) is 45.6 Å². The maximum Gasteiger partial charge on any atom is 0.163 e. The standard InChI is InChI=1S/C29H36N10S/c1-5-21-23(37(3)4)8-6-7-19(2)39-24-15-26(34-25-9-10-31-28(21)35-25)32-17-22(24)27(36-39)29-33-16-20(40-29)18-38-13-11-30-12-14-38/h5,9-10,15-17,19,30H,1,6-8,11-14,18H2,2-4H3,(H,31,32,34,35)/b23-21+. The molecule has 2 aliphatic heterocycles. The Labute approximate surface area is 238 Å². The monoisotopic (exact) mass is 556 g/mol. The number of pyridine rings is 1. The van der Waals surface area contributed by atoms with Crippen molar-refractivity contribution in [1.82, 2.24) is 44.8 Å². The van der Waals surface area contributed by atoms with Crippen LogP contribution in [0.25, 0.3) is 27.2 Å². The van der Waals surface area contributed by atoms with Gasteiger partial charge >= 0.3 is 0 Å². The van der Waals surface area contributed by atoms with Crippen LogP contribution in [-0.4, -0.2) is 79.8 Å². The van der Waals surface area contributed by atoms with E-state index in [9.17, 15) is 0 Å². The van der Waals surface area contributed by atoms with E-state index in [4.69, 9.17) is 20.1 Å². The van der Waals surface area contributed by atoms with Crippen molar-refractivity contribution in [2.24, 2.45) is 0 Å². The van der Waals surface area contributed by atoms with Crippen LogP contribution in [0.1, 0.15) is 42.9 Å². The number of aromatic nitrogens is 6. The second kappa shape index (κ2) is 11.4. The van der Waals surface area contributed by atoms with Crippen molar-refractivity contribution in [2.45, 2.75) is 38.8 Å². The Morgan fingerprint density at radius 3 is 2.80 bits per heavy atom. The molecule has 4 aromatic heterocycles. The van der Waals surface area contributed by atoms with E-state index in [1.54, 1.807) is 17.5 Å². The number of hydrogen-bond donors (Lipinski definition) is 2. The second-order valence-electron chi connectivity index (χ2n) is 10.6. The summed E-state index contributed by atoms with van der Waals surface area (Å²) in [4.78, 5) is 24.8. The molecule has 6 rings (SSSR count). The number of hydrogen-bond acceptors (Lipinski definition) is 10. The van der Waals surface area contributed by atoms with E-state index in [1.807, 2.05) is 24.5 Å². The van der Waals surface area contributed by atoms with Crippen LogP contribution in [-0.2, 0) is 6.54 Å². The van der Waals surface area contributed by atoms with Crippen LogP contribution < -0.4 is 10.6 Å². The lowest BCUT2D eigenvalue weighted by Crippen LogP contribution is -2.42. The lowest BCUT2D eigenvalue weighted by atomic mass is 10.0. The van der Waals surface area contributed by atoms with E-state index in [1.165, 1.54) is 10.6 Å². The maximum atomic E-state index is 5.15. The van der Waals surface area contributed by atoms with E-state index >= 15 is 0 Å². The van der Waals surface area contributed by atoms with Crippen molar-refractivity contribution in [3.63, 3.8) is 0 Å². The zero-order valence-electron chi connectivity index (χ0n) is 23.4. The molecular weight excluding hydrogens is 520 g/mol. The first-order valence-electron chi connectivity index (χ1n) is 13.9. The topological polar surface area (TPSA) is 99.9 Å². The van der Waals surface area contributed by atoms with Crippen LogP contribution in [0.2, 0.25) is 0 Å². The molecule has 40 heavy (non-hydrogen) atoms. The van der Waals surface area contributed by atoms with Gasteiger partial charge in [-0.15, -0.1) is 11.3 Å². The fourth-order valence-corrected chi connectivity index (χ4v) is 6.44. The van der Waals surface area contributed by atoms with Crippen molar-refractivity contribution >= 4 is 39.4 Å². The number of nitrogens with zero attached hydrogens (tertiary/aromatic N) is 8. The molecule has 0 radical (unpaired) electrons. The summed E-state index contributed by atoms with van der Waals surface area (Å²) in [5.74, 6) is 2.05. The van der Waals surface area contributed by atoms with Gasteiger partial charge in [0.05, 0.1) is 5.52 Å². The van der Waals surface area contributed by atoms with Gasteiger partial charge in [-0.1, -0.05) is 12.7 Å². The first-order chi connectivity index (χ1) is 19.5. The van der Waals surface area contributed by atoms with Crippen LogP contribution in [0, 0.1) is 0 Å². The van der Waals surface area contributed by atoms with Crippen molar-refractivity contribution in [3.8, 4) is 10.7 Å². The maximum absolute atomic E-state index is 5.15. The average Bonchev–Trinajstić information content (AvgIpc) is 3.57.